The van der Waals surface area contributed by atoms with Gasteiger partial charge in [-0.2, -0.15) is 5.26 Å². The molecule has 0 bridgehead atoms. The summed E-state index contributed by atoms with van der Waals surface area (Å²) in [6, 6.07) is 12.2. The number of aromatic nitrogens is 2. The number of nitrogens with zero attached hydrogens (tertiary/aromatic N) is 3. The molecule has 1 heterocycles. The van der Waals surface area contributed by atoms with Crippen LogP contribution in [-0.2, 0) is 12.1 Å². The van der Waals surface area contributed by atoms with E-state index in [2.05, 4.69) is 16.4 Å². The van der Waals surface area contributed by atoms with Crippen molar-refractivity contribution in [2.24, 2.45) is 0 Å². The summed E-state index contributed by atoms with van der Waals surface area (Å²) in [5, 5.41) is 12.9. The number of hydrogen-bond donors (Lipinski definition) is 1. The Labute approximate surface area is 107 Å². The molecule has 0 aliphatic carbocycles. The molecule has 0 amide bonds. The SMILES string of the molecule is CCNC(C#N)(Cn1ccnc1)c1ccccc1. The average Bonchev–Trinajstić information content (AvgIpc) is 2.92. The first kappa shape index (κ1) is 12.3. The molecule has 0 radical (unpaired) electrons. The van der Waals surface area contributed by atoms with Crippen LogP contribution in [0, 0.1) is 11.3 Å². The minimum absolute atomic E-state index is 0.543. The van der Waals surface area contributed by atoms with Crippen molar-refractivity contribution in [3.05, 3.63) is 54.6 Å². The summed E-state index contributed by atoms with van der Waals surface area (Å²) in [6.07, 6.45) is 5.32. The van der Waals surface area contributed by atoms with E-state index in [1.54, 1.807) is 12.5 Å². The van der Waals surface area contributed by atoms with E-state index < -0.39 is 5.54 Å². The monoisotopic (exact) mass is 240 g/mol. The highest BCUT2D eigenvalue weighted by atomic mass is 15.1. The minimum atomic E-state index is -0.712. The largest absolute Gasteiger partial charge is 0.334 e. The molecule has 0 fully saturated rings. The second-order valence-electron chi connectivity index (χ2n) is 4.15. The third-order valence-corrected chi connectivity index (χ3v) is 2.91. The summed E-state index contributed by atoms with van der Waals surface area (Å²) >= 11 is 0. The fraction of sp³-hybridized carbons (Fsp3) is 0.286. The van der Waals surface area contributed by atoms with Gasteiger partial charge in [-0.25, -0.2) is 4.98 Å². The first-order valence-electron chi connectivity index (χ1n) is 5.98. The second kappa shape index (κ2) is 5.48. The van der Waals surface area contributed by atoms with Gasteiger partial charge in [0.1, 0.15) is 5.54 Å². The van der Waals surface area contributed by atoms with E-state index in [-0.39, 0.29) is 0 Å². The van der Waals surface area contributed by atoms with Gasteiger partial charge in [0.05, 0.1) is 18.9 Å². The van der Waals surface area contributed by atoms with Gasteiger partial charge < -0.3 is 4.57 Å². The molecule has 1 aromatic heterocycles. The lowest BCUT2D eigenvalue weighted by Gasteiger charge is -2.28. The molecule has 1 unspecified atom stereocenters. The van der Waals surface area contributed by atoms with E-state index in [1.807, 2.05) is 48.0 Å². The zero-order chi connectivity index (χ0) is 12.8. The highest BCUT2D eigenvalue weighted by Crippen LogP contribution is 2.22. The number of imidazole rings is 1. The third kappa shape index (κ3) is 2.41. The number of rotatable bonds is 5. The Kier molecular flexibility index (Phi) is 3.75. The normalized spacial score (nSPS) is 13.8. The van der Waals surface area contributed by atoms with Crippen molar-refractivity contribution in [2.75, 3.05) is 6.54 Å². The van der Waals surface area contributed by atoms with Crippen LogP contribution in [0.15, 0.2) is 49.1 Å². The summed E-state index contributed by atoms with van der Waals surface area (Å²) in [5.74, 6) is 0. The Hall–Kier alpha value is -2.12. The van der Waals surface area contributed by atoms with Gasteiger partial charge in [-0.05, 0) is 12.1 Å². The molecule has 1 N–H and O–H groups in total. The van der Waals surface area contributed by atoms with Crippen molar-refractivity contribution in [1.82, 2.24) is 14.9 Å². The quantitative estimate of drug-likeness (QED) is 0.868. The maximum atomic E-state index is 9.61. The maximum Gasteiger partial charge on any atom is 0.150 e. The molecule has 0 spiro atoms. The van der Waals surface area contributed by atoms with Gasteiger partial charge in [-0.1, -0.05) is 37.3 Å². The second-order valence-corrected chi connectivity index (χ2v) is 4.15. The van der Waals surface area contributed by atoms with Crippen LogP contribution in [0.5, 0.6) is 0 Å². The standard InChI is InChI=1S/C14H16N4/c1-2-17-14(10-15,11-18-9-8-16-12-18)13-6-4-3-5-7-13/h3-9,12,17H,2,11H2,1H3. The molecule has 0 aliphatic heterocycles. The third-order valence-electron chi connectivity index (χ3n) is 2.91. The molecule has 1 atom stereocenters. The molecular weight excluding hydrogens is 224 g/mol. The van der Waals surface area contributed by atoms with Crippen molar-refractivity contribution in [1.29, 1.82) is 5.26 Å². The minimum Gasteiger partial charge on any atom is -0.334 e. The number of benzene rings is 1. The summed E-state index contributed by atoms with van der Waals surface area (Å²) in [5.41, 5.74) is 0.263. The van der Waals surface area contributed by atoms with Crippen LogP contribution >= 0.6 is 0 Å². The Morgan fingerprint density at radius 1 is 1.39 bits per heavy atom. The van der Waals surface area contributed by atoms with Crippen LogP contribution in [0.2, 0.25) is 0 Å². The van der Waals surface area contributed by atoms with Crippen LogP contribution in [0.1, 0.15) is 12.5 Å². The van der Waals surface area contributed by atoms with E-state index in [0.717, 1.165) is 12.1 Å². The van der Waals surface area contributed by atoms with Crippen LogP contribution in [0.25, 0.3) is 0 Å². The first-order valence-corrected chi connectivity index (χ1v) is 5.98. The number of nitrogens with one attached hydrogen (secondary N) is 1. The molecule has 1 aromatic carbocycles. The van der Waals surface area contributed by atoms with Gasteiger partial charge in [0, 0.05) is 12.4 Å². The predicted octanol–water partition coefficient (Wildman–Crippen LogP) is 1.91. The van der Waals surface area contributed by atoms with Gasteiger partial charge in [0.25, 0.3) is 0 Å². The zero-order valence-corrected chi connectivity index (χ0v) is 10.4. The van der Waals surface area contributed by atoms with Crippen molar-refractivity contribution >= 4 is 0 Å². The highest BCUT2D eigenvalue weighted by molar-refractivity contribution is 5.31. The van der Waals surface area contributed by atoms with Gasteiger partial charge in [0.15, 0.2) is 0 Å². The summed E-state index contributed by atoms with van der Waals surface area (Å²) in [4.78, 5) is 4.02. The molecule has 18 heavy (non-hydrogen) atoms. The van der Waals surface area contributed by atoms with Crippen molar-refractivity contribution in [2.45, 2.75) is 19.0 Å². The van der Waals surface area contributed by atoms with E-state index in [4.69, 9.17) is 0 Å². The van der Waals surface area contributed by atoms with E-state index in [1.165, 1.54) is 0 Å². The molecule has 92 valence electrons. The lowest BCUT2D eigenvalue weighted by atomic mass is 9.91. The zero-order valence-electron chi connectivity index (χ0n) is 10.4. The summed E-state index contributed by atoms with van der Waals surface area (Å²) < 4.78 is 1.92. The Morgan fingerprint density at radius 2 is 2.17 bits per heavy atom. The molecule has 0 saturated heterocycles. The van der Waals surface area contributed by atoms with Crippen molar-refractivity contribution < 1.29 is 0 Å². The first-order chi connectivity index (χ1) is 8.80. The van der Waals surface area contributed by atoms with Crippen LogP contribution in [-0.4, -0.2) is 16.1 Å². The molecule has 2 rings (SSSR count). The van der Waals surface area contributed by atoms with Gasteiger partial charge in [-0.3, -0.25) is 5.32 Å². The van der Waals surface area contributed by atoms with Crippen molar-refractivity contribution in [3.8, 4) is 6.07 Å². The molecule has 0 aliphatic rings. The molecular formula is C14H16N4. The number of hydrogen-bond acceptors (Lipinski definition) is 3. The Balaban J connectivity index is 2.37. The van der Waals surface area contributed by atoms with Gasteiger partial charge in [-0.15, -0.1) is 0 Å². The number of nitriles is 1. The van der Waals surface area contributed by atoms with Crippen LogP contribution < -0.4 is 5.32 Å². The smallest absolute Gasteiger partial charge is 0.150 e. The van der Waals surface area contributed by atoms with E-state index in [0.29, 0.717) is 6.54 Å². The summed E-state index contributed by atoms with van der Waals surface area (Å²) in [6.45, 7) is 3.28. The Bertz CT molecular complexity index is 512. The van der Waals surface area contributed by atoms with Crippen molar-refractivity contribution in [3.63, 3.8) is 0 Å². The Morgan fingerprint density at radius 3 is 2.72 bits per heavy atom. The van der Waals surface area contributed by atoms with Crippen LogP contribution in [0.3, 0.4) is 0 Å². The maximum absolute atomic E-state index is 9.61. The lowest BCUT2D eigenvalue weighted by molar-refractivity contribution is 0.376. The molecule has 0 saturated carbocycles. The molecule has 2 aromatic rings. The van der Waals surface area contributed by atoms with E-state index >= 15 is 0 Å². The van der Waals surface area contributed by atoms with E-state index in [9.17, 15) is 5.26 Å². The molecule has 4 nitrogen and oxygen atoms in total. The number of likely N-dealkylation sites (N-methyl/N-ethyl adjacent to an activating group) is 1. The molecule has 4 heteroatoms. The predicted molar refractivity (Wildman–Crippen MR) is 69.6 cm³/mol. The van der Waals surface area contributed by atoms with Gasteiger partial charge >= 0.3 is 0 Å². The highest BCUT2D eigenvalue weighted by Gasteiger charge is 2.31. The average molecular weight is 240 g/mol. The van der Waals surface area contributed by atoms with Crippen LogP contribution in [0.4, 0.5) is 0 Å². The topological polar surface area (TPSA) is 53.6 Å². The summed E-state index contributed by atoms with van der Waals surface area (Å²) in [7, 11) is 0. The lowest BCUT2D eigenvalue weighted by Crippen LogP contribution is -2.44. The fourth-order valence-electron chi connectivity index (χ4n) is 2.07. The fourth-order valence-corrected chi connectivity index (χ4v) is 2.07. The van der Waals surface area contributed by atoms with Gasteiger partial charge in [0.2, 0.25) is 0 Å².